The Kier molecular flexibility index (Phi) is 4.85. The molecule has 0 aromatic heterocycles. The van der Waals surface area contributed by atoms with Crippen LogP contribution in [0.1, 0.15) is 27.6 Å². The van der Waals surface area contributed by atoms with Gasteiger partial charge >= 0.3 is 0 Å². The number of imide groups is 1. The highest BCUT2D eigenvalue weighted by Gasteiger charge is 2.40. The van der Waals surface area contributed by atoms with Gasteiger partial charge in [0, 0.05) is 17.9 Å². The van der Waals surface area contributed by atoms with Crippen LogP contribution in [-0.2, 0) is 0 Å². The van der Waals surface area contributed by atoms with Crippen molar-refractivity contribution < 1.29 is 14.5 Å². The van der Waals surface area contributed by atoms with Gasteiger partial charge in [-0.25, -0.2) is 4.99 Å². The first-order valence-corrected chi connectivity index (χ1v) is 9.69. The van der Waals surface area contributed by atoms with Crippen molar-refractivity contribution >= 4 is 45.8 Å². The summed E-state index contributed by atoms with van der Waals surface area (Å²) in [6.07, 6.45) is 0. The van der Waals surface area contributed by atoms with Crippen LogP contribution in [-0.4, -0.2) is 44.3 Å². The molecule has 0 saturated carbocycles. The zero-order chi connectivity index (χ0) is 20.5. The van der Waals surface area contributed by atoms with Crippen LogP contribution in [0.15, 0.2) is 58.6 Å². The molecular weight excluding hydrogens is 394 g/mol. The number of nitrogens with one attached hydrogen (secondary N) is 1. The Morgan fingerprint density at radius 3 is 2.28 bits per heavy atom. The quantitative estimate of drug-likeness (QED) is 0.471. The Hall–Kier alpha value is -3.53. The predicted molar refractivity (Wildman–Crippen MR) is 110 cm³/mol. The predicted octanol–water partition coefficient (Wildman–Crippen LogP) is 2.96. The third-order valence-corrected chi connectivity index (χ3v) is 5.53. The minimum absolute atomic E-state index is 0.00622. The summed E-state index contributed by atoms with van der Waals surface area (Å²) in [7, 11) is 0. The van der Waals surface area contributed by atoms with E-state index in [1.807, 2.05) is 0 Å². The Morgan fingerprint density at radius 1 is 1.14 bits per heavy atom. The highest BCUT2D eigenvalue weighted by Crippen LogP contribution is 2.26. The topological polar surface area (TPSA) is 117 Å². The number of carbonyl (C=O) groups excluding carboxylic acids is 2. The number of non-ortho nitro benzene ring substituents is 1. The van der Waals surface area contributed by atoms with Crippen LogP contribution in [0.4, 0.5) is 11.4 Å². The van der Waals surface area contributed by atoms with Crippen LogP contribution in [0.25, 0.3) is 0 Å². The summed E-state index contributed by atoms with van der Waals surface area (Å²) in [5, 5.41) is 15.5. The van der Waals surface area contributed by atoms with Crippen molar-refractivity contribution in [3.05, 3.63) is 69.8 Å². The molecule has 1 atom stereocenters. The maximum Gasteiger partial charge on any atom is 0.269 e. The van der Waals surface area contributed by atoms with E-state index in [2.05, 4.69) is 15.5 Å². The molecule has 2 aromatic rings. The fourth-order valence-electron chi connectivity index (χ4n) is 3.07. The SMILES string of the molecule is CC(C1=NNC(=Nc2ccc([N+](=O)[O-])cc2)SC1)N1C(=O)c2ccccc2C1=O. The summed E-state index contributed by atoms with van der Waals surface area (Å²) < 4.78 is 0. The molecule has 0 radical (unpaired) electrons. The molecule has 4 rings (SSSR count). The van der Waals surface area contributed by atoms with Gasteiger partial charge in [0.1, 0.15) is 0 Å². The minimum Gasteiger partial charge on any atom is -0.269 e. The second-order valence-electron chi connectivity index (χ2n) is 6.40. The van der Waals surface area contributed by atoms with Gasteiger partial charge in [-0.05, 0) is 31.2 Å². The van der Waals surface area contributed by atoms with Crippen LogP contribution >= 0.6 is 11.8 Å². The third-order valence-electron chi connectivity index (χ3n) is 4.64. The Labute approximate surface area is 169 Å². The molecule has 0 aliphatic carbocycles. The fraction of sp³-hybridized carbons (Fsp3) is 0.158. The van der Waals surface area contributed by atoms with Gasteiger partial charge in [0.15, 0.2) is 5.17 Å². The summed E-state index contributed by atoms with van der Waals surface area (Å²) in [5.74, 6) is -0.194. The van der Waals surface area contributed by atoms with E-state index >= 15 is 0 Å². The van der Waals surface area contributed by atoms with Crippen LogP contribution in [0.5, 0.6) is 0 Å². The van der Waals surface area contributed by atoms with E-state index in [-0.39, 0.29) is 17.5 Å². The molecule has 1 unspecified atom stereocenters. The zero-order valence-corrected chi connectivity index (χ0v) is 16.0. The molecule has 9 nitrogen and oxygen atoms in total. The number of nitro benzene ring substituents is 1. The number of nitrogens with zero attached hydrogens (tertiary/aromatic N) is 4. The van der Waals surface area contributed by atoms with Crippen molar-refractivity contribution in [2.75, 3.05) is 5.75 Å². The molecule has 2 aromatic carbocycles. The number of carbonyl (C=O) groups is 2. The lowest BCUT2D eigenvalue weighted by Crippen LogP contribution is -2.45. The van der Waals surface area contributed by atoms with E-state index in [1.54, 1.807) is 43.3 Å². The molecule has 0 saturated heterocycles. The number of amidine groups is 1. The van der Waals surface area contributed by atoms with Crippen LogP contribution in [0.3, 0.4) is 0 Å². The van der Waals surface area contributed by atoms with Gasteiger partial charge in [-0.15, -0.1) is 0 Å². The maximum atomic E-state index is 12.6. The minimum atomic E-state index is -0.497. The van der Waals surface area contributed by atoms with E-state index in [4.69, 9.17) is 0 Å². The molecule has 0 bridgehead atoms. The first-order chi connectivity index (χ1) is 14.0. The summed E-state index contributed by atoms with van der Waals surface area (Å²) >= 11 is 1.38. The number of hydrazone groups is 1. The number of aliphatic imine (C=N–C) groups is 1. The van der Waals surface area contributed by atoms with Gasteiger partial charge in [-0.1, -0.05) is 23.9 Å². The summed E-state index contributed by atoms with van der Waals surface area (Å²) in [6, 6.07) is 12.1. The number of hydrogen-bond donors (Lipinski definition) is 1. The molecular formula is C19H15N5O4S. The molecule has 2 heterocycles. The standard InChI is InChI=1S/C19H15N5O4S/c1-11(23-17(25)14-4-2-3-5-15(14)18(23)26)16-10-29-19(22-21-16)20-12-6-8-13(9-7-12)24(27)28/h2-9,11H,10H2,1H3,(H,20,22). The number of fused-ring (bicyclic) bond motifs is 1. The first kappa shape index (κ1) is 18.8. The van der Waals surface area contributed by atoms with Gasteiger partial charge in [-0.3, -0.25) is 30.0 Å². The molecule has 146 valence electrons. The van der Waals surface area contributed by atoms with E-state index in [9.17, 15) is 19.7 Å². The van der Waals surface area contributed by atoms with Gasteiger partial charge in [-0.2, -0.15) is 5.10 Å². The molecule has 2 amide bonds. The number of amides is 2. The largest absolute Gasteiger partial charge is 0.269 e. The van der Waals surface area contributed by atoms with E-state index < -0.39 is 11.0 Å². The number of thioether (sulfide) groups is 1. The monoisotopic (exact) mass is 409 g/mol. The number of rotatable bonds is 4. The van der Waals surface area contributed by atoms with Gasteiger partial charge in [0.2, 0.25) is 0 Å². The molecule has 10 heteroatoms. The van der Waals surface area contributed by atoms with Gasteiger partial charge < -0.3 is 0 Å². The fourth-order valence-corrected chi connectivity index (χ4v) is 3.94. The highest BCUT2D eigenvalue weighted by molar-refractivity contribution is 8.14. The molecule has 2 aliphatic heterocycles. The lowest BCUT2D eigenvalue weighted by Gasteiger charge is -2.26. The first-order valence-electron chi connectivity index (χ1n) is 8.71. The van der Waals surface area contributed by atoms with Crippen molar-refractivity contribution in [1.82, 2.24) is 10.3 Å². The van der Waals surface area contributed by atoms with Crippen LogP contribution in [0.2, 0.25) is 0 Å². The maximum absolute atomic E-state index is 12.6. The molecule has 2 aliphatic rings. The van der Waals surface area contributed by atoms with Gasteiger partial charge in [0.05, 0.1) is 33.5 Å². The Balaban J connectivity index is 1.48. The molecule has 0 fully saturated rings. The van der Waals surface area contributed by atoms with E-state index in [0.29, 0.717) is 33.4 Å². The lowest BCUT2D eigenvalue weighted by molar-refractivity contribution is -0.384. The van der Waals surface area contributed by atoms with Crippen LogP contribution in [0, 0.1) is 10.1 Å². The van der Waals surface area contributed by atoms with Crippen molar-refractivity contribution in [2.24, 2.45) is 10.1 Å². The lowest BCUT2D eigenvalue weighted by atomic mass is 10.1. The second-order valence-corrected chi connectivity index (χ2v) is 7.36. The summed E-state index contributed by atoms with van der Waals surface area (Å²) in [6.45, 7) is 1.77. The Morgan fingerprint density at radius 2 is 1.76 bits per heavy atom. The number of hydrogen-bond acceptors (Lipinski definition) is 7. The zero-order valence-electron chi connectivity index (χ0n) is 15.2. The summed E-state index contributed by atoms with van der Waals surface area (Å²) in [4.78, 5) is 41.1. The molecule has 29 heavy (non-hydrogen) atoms. The second kappa shape index (κ2) is 7.47. The van der Waals surface area contributed by atoms with Crippen LogP contribution < -0.4 is 5.43 Å². The van der Waals surface area contributed by atoms with Crippen molar-refractivity contribution in [2.45, 2.75) is 13.0 Å². The molecule has 0 spiro atoms. The highest BCUT2D eigenvalue weighted by atomic mass is 32.2. The van der Waals surface area contributed by atoms with Crippen molar-refractivity contribution in [3.8, 4) is 0 Å². The van der Waals surface area contributed by atoms with E-state index in [0.717, 1.165) is 0 Å². The normalized spacial score (nSPS) is 18.3. The smallest absolute Gasteiger partial charge is 0.269 e. The van der Waals surface area contributed by atoms with Crippen molar-refractivity contribution in [1.29, 1.82) is 0 Å². The van der Waals surface area contributed by atoms with Crippen molar-refractivity contribution in [3.63, 3.8) is 0 Å². The van der Waals surface area contributed by atoms with E-state index in [1.165, 1.54) is 28.8 Å². The summed E-state index contributed by atoms with van der Waals surface area (Å²) in [5.41, 5.74) is 4.83. The number of nitro groups is 1. The van der Waals surface area contributed by atoms with Gasteiger partial charge in [0.25, 0.3) is 17.5 Å². The average molecular weight is 409 g/mol. The third kappa shape index (κ3) is 3.49. The Bertz CT molecular complexity index is 1050. The molecule has 1 N–H and O–H groups in total. The average Bonchev–Trinajstić information content (AvgIpc) is 2.99. The number of benzene rings is 2.